The third-order valence-corrected chi connectivity index (χ3v) is 2.10. The zero-order valence-electron chi connectivity index (χ0n) is 7.57. The van der Waals surface area contributed by atoms with Gasteiger partial charge in [0.25, 0.3) is 0 Å². The Labute approximate surface area is 81.5 Å². The molecule has 1 aromatic carbocycles. The van der Waals surface area contributed by atoms with Crippen LogP contribution >= 0.6 is 0 Å². The van der Waals surface area contributed by atoms with Crippen LogP contribution in [0.5, 0.6) is 0 Å². The van der Waals surface area contributed by atoms with Crippen molar-refractivity contribution in [2.45, 2.75) is 6.54 Å². The molecule has 0 aromatic heterocycles. The lowest BCUT2D eigenvalue weighted by atomic mass is 10.0. The lowest BCUT2D eigenvalue weighted by molar-refractivity contribution is 0.896. The molecule has 1 aliphatic heterocycles. The highest BCUT2D eigenvalue weighted by Gasteiger charge is 2.24. The lowest BCUT2D eigenvalue weighted by Crippen LogP contribution is -2.38. The van der Waals surface area contributed by atoms with Crippen LogP contribution in [0.25, 0.3) is 0 Å². The van der Waals surface area contributed by atoms with Crippen LogP contribution in [0.3, 0.4) is 0 Å². The van der Waals surface area contributed by atoms with Crippen molar-refractivity contribution in [3.8, 4) is 0 Å². The Morgan fingerprint density at radius 3 is 2.71 bits per heavy atom. The lowest BCUT2D eigenvalue weighted by Gasteiger charge is -2.34. The summed E-state index contributed by atoms with van der Waals surface area (Å²) in [6.45, 7) is 0.700. The summed E-state index contributed by atoms with van der Waals surface area (Å²) in [5, 5.41) is 7.59. The van der Waals surface area contributed by atoms with Gasteiger partial charge in [0, 0.05) is 5.69 Å². The summed E-state index contributed by atoms with van der Waals surface area (Å²) in [6, 6.07) is 7.86. The fourth-order valence-electron chi connectivity index (χ4n) is 1.44. The highest BCUT2D eigenvalue weighted by atomic mass is 15.3. The van der Waals surface area contributed by atoms with E-state index in [-0.39, 0.29) is 11.9 Å². The van der Waals surface area contributed by atoms with E-state index in [0.29, 0.717) is 6.54 Å². The Kier molecular flexibility index (Phi) is 1.85. The predicted octanol–water partition coefficient (Wildman–Crippen LogP) is 0.215. The number of anilines is 1. The highest BCUT2D eigenvalue weighted by Crippen LogP contribution is 2.32. The van der Waals surface area contributed by atoms with E-state index >= 15 is 0 Å². The van der Waals surface area contributed by atoms with Crippen molar-refractivity contribution in [2.24, 2.45) is 16.5 Å². The monoisotopic (exact) mass is 189 g/mol. The standard InChI is InChI=1S/C9H11N5/c10-8(11)13-9(12)14-5-6-3-1-2-4-7(6)14/h1-4H,5H2,(H5,10,11,12,13). The molecule has 2 rings (SSSR count). The molecule has 14 heavy (non-hydrogen) atoms. The normalized spacial score (nSPS) is 12.7. The van der Waals surface area contributed by atoms with Gasteiger partial charge in [0.15, 0.2) is 5.96 Å². The van der Waals surface area contributed by atoms with Crippen LogP contribution in [-0.2, 0) is 6.54 Å². The van der Waals surface area contributed by atoms with Gasteiger partial charge < -0.3 is 16.4 Å². The maximum atomic E-state index is 7.59. The molecule has 5 nitrogen and oxygen atoms in total. The van der Waals surface area contributed by atoms with Crippen molar-refractivity contribution in [2.75, 3.05) is 4.90 Å². The van der Waals surface area contributed by atoms with E-state index in [4.69, 9.17) is 16.9 Å². The first-order valence-electron chi connectivity index (χ1n) is 4.22. The first kappa shape index (κ1) is 8.55. The van der Waals surface area contributed by atoms with E-state index < -0.39 is 0 Å². The molecule has 0 spiro atoms. The summed E-state index contributed by atoms with van der Waals surface area (Å²) in [7, 11) is 0. The molecule has 5 heteroatoms. The number of fused-ring (bicyclic) bond motifs is 1. The molecule has 0 saturated heterocycles. The number of nitrogens with one attached hydrogen (secondary N) is 1. The van der Waals surface area contributed by atoms with Crippen LogP contribution in [0.2, 0.25) is 0 Å². The van der Waals surface area contributed by atoms with Crippen molar-refractivity contribution in [1.82, 2.24) is 0 Å². The Balaban J connectivity index is 2.20. The highest BCUT2D eigenvalue weighted by molar-refractivity contribution is 6.03. The minimum absolute atomic E-state index is 0.0839. The van der Waals surface area contributed by atoms with Crippen LogP contribution in [0.4, 0.5) is 5.69 Å². The first-order valence-corrected chi connectivity index (χ1v) is 4.22. The van der Waals surface area contributed by atoms with Crippen molar-refractivity contribution in [3.63, 3.8) is 0 Å². The molecule has 72 valence electrons. The van der Waals surface area contributed by atoms with Crippen LogP contribution < -0.4 is 16.4 Å². The van der Waals surface area contributed by atoms with Crippen LogP contribution in [0.1, 0.15) is 5.56 Å². The van der Waals surface area contributed by atoms with Crippen molar-refractivity contribution in [3.05, 3.63) is 29.8 Å². The van der Waals surface area contributed by atoms with E-state index in [2.05, 4.69) is 4.99 Å². The summed E-state index contributed by atoms with van der Waals surface area (Å²) >= 11 is 0. The van der Waals surface area contributed by atoms with Gasteiger partial charge in [-0.15, -0.1) is 0 Å². The maximum absolute atomic E-state index is 7.59. The molecule has 0 fully saturated rings. The fourth-order valence-corrected chi connectivity index (χ4v) is 1.44. The summed E-state index contributed by atoms with van der Waals surface area (Å²) < 4.78 is 0. The van der Waals surface area contributed by atoms with Crippen LogP contribution in [-0.4, -0.2) is 11.9 Å². The summed E-state index contributed by atoms with van der Waals surface area (Å²) in [5.41, 5.74) is 12.6. The average Bonchev–Trinajstić information content (AvgIpc) is 2.05. The van der Waals surface area contributed by atoms with Gasteiger partial charge in [0.1, 0.15) is 0 Å². The Hall–Kier alpha value is -2.04. The molecule has 0 atom stereocenters. The second-order valence-corrected chi connectivity index (χ2v) is 3.08. The number of hydrogen-bond donors (Lipinski definition) is 3. The molecular weight excluding hydrogens is 178 g/mol. The second-order valence-electron chi connectivity index (χ2n) is 3.08. The van der Waals surface area contributed by atoms with Crippen molar-refractivity contribution in [1.29, 1.82) is 5.41 Å². The molecular formula is C9H11N5. The zero-order valence-corrected chi connectivity index (χ0v) is 7.57. The molecule has 0 aliphatic carbocycles. The quantitative estimate of drug-likeness (QED) is 0.402. The number of benzene rings is 1. The minimum Gasteiger partial charge on any atom is -0.370 e. The fraction of sp³-hybridized carbons (Fsp3) is 0.111. The number of aliphatic imine (C=N–C) groups is 1. The van der Waals surface area contributed by atoms with Gasteiger partial charge in [-0.3, -0.25) is 5.41 Å². The Bertz CT molecular complexity index is 405. The maximum Gasteiger partial charge on any atom is 0.225 e. The van der Waals surface area contributed by atoms with Crippen LogP contribution in [0.15, 0.2) is 29.3 Å². The molecule has 1 aromatic rings. The number of nitrogens with zero attached hydrogens (tertiary/aromatic N) is 2. The third-order valence-electron chi connectivity index (χ3n) is 2.10. The van der Waals surface area contributed by atoms with E-state index in [1.165, 1.54) is 5.56 Å². The molecule has 0 amide bonds. The topological polar surface area (TPSA) is 91.5 Å². The van der Waals surface area contributed by atoms with Gasteiger partial charge in [0.05, 0.1) is 6.54 Å². The Morgan fingerprint density at radius 2 is 2.07 bits per heavy atom. The van der Waals surface area contributed by atoms with Gasteiger partial charge in [-0.05, 0) is 11.6 Å². The van der Waals surface area contributed by atoms with Crippen molar-refractivity contribution >= 4 is 17.6 Å². The molecule has 1 aliphatic rings. The van der Waals surface area contributed by atoms with Gasteiger partial charge in [-0.2, -0.15) is 4.99 Å². The number of para-hydroxylation sites is 1. The third kappa shape index (κ3) is 1.28. The summed E-state index contributed by atoms with van der Waals surface area (Å²) in [6.07, 6.45) is 0. The molecule has 5 N–H and O–H groups in total. The van der Waals surface area contributed by atoms with Gasteiger partial charge in [0.2, 0.25) is 5.96 Å². The number of rotatable bonds is 0. The second kappa shape index (κ2) is 3.02. The first-order chi connectivity index (χ1) is 6.68. The van der Waals surface area contributed by atoms with E-state index in [9.17, 15) is 0 Å². The number of guanidine groups is 2. The molecule has 0 bridgehead atoms. The molecule has 1 heterocycles. The predicted molar refractivity (Wildman–Crippen MR) is 56.2 cm³/mol. The molecule has 0 saturated carbocycles. The van der Waals surface area contributed by atoms with E-state index in [1.54, 1.807) is 4.90 Å². The smallest absolute Gasteiger partial charge is 0.225 e. The summed E-state index contributed by atoms with van der Waals surface area (Å²) in [5.74, 6) is 0.00285. The average molecular weight is 189 g/mol. The van der Waals surface area contributed by atoms with E-state index in [0.717, 1.165) is 5.69 Å². The molecule has 0 unspecified atom stereocenters. The van der Waals surface area contributed by atoms with Gasteiger partial charge in [-0.1, -0.05) is 18.2 Å². The van der Waals surface area contributed by atoms with E-state index in [1.807, 2.05) is 24.3 Å². The van der Waals surface area contributed by atoms with Crippen molar-refractivity contribution < 1.29 is 0 Å². The number of nitrogens with two attached hydrogens (primary N) is 2. The van der Waals surface area contributed by atoms with Gasteiger partial charge in [-0.25, -0.2) is 0 Å². The van der Waals surface area contributed by atoms with Crippen LogP contribution in [0, 0.1) is 5.41 Å². The number of hydrogen-bond acceptors (Lipinski definition) is 1. The minimum atomic E-state index is -0.0839. The SMILES string of the molecule is N=C(N=C(N)N)N1Cc2ccccc21. The molecule has 0 radical (unpaired) electrons. The summed E-state index contributed by atoms with van der Waals surface area (Å²) in [4.78, 5) is 5.42. The zero-order chi connectivity index (χ0) is 10.1. The van der Waals surface area contributed by atoms with Gasteiger partial charge >= 0.3 is 0 Å². The Morgan fingerprint density at radius 1 is 1.36 bits per heavy atom. The largest absolute Gasteiger partial charge is 0.370 e.